The first-order valence-corrected chi connectivity index (χ1v) is 9.22. The van der Waals surface area contributed by atoms with E-state index in [1.807, 2.05) is 42.5 Å². The summed E-state index contributed by atoms with van der Waals surface area (Å²) in [6, 6.07) is 20.5. The number of piperidine rings is 1. The van der Waals surface area contributed by atoms with Crippen molar-refractivity contribution in [3.05, 3.63) is 60.2 Å². The molecule has 1 aliphatic rings. The van der Waals surface area contributed by atoms with Crippen molar-refractivity contribution in [3.63, 3.8) is 0 Å². The first-order valence-electron chi connectivity index (χ1n) is 9.22. The van der Waals surface area contributed by atoms with E-state index in [1.165, 1.54) is 0 Å². The second-order valence-corrected chi connectivity index (χ2v) is 6.78. The molecular formula is C22H26N2O2. The summed E-state index contributed by atoms with van der Waals surface area (Å²) in [6.45, 7) is 3.63. The maximum absolute atomic E-state index is 9.76. The predicted octanol–water partition coefficient (Wildman–Crippen LogP) is 4.02. The molecule has 0 amide bonds. The molecule has 1 heterocycles. The monoisotopic (exact) mass is 350 g/mol. The van der Waals surface area contributed by atoms with Crippen LogP contribution >= 0.6 is 0 Å². The van der Waals surface area contributed by atoms with Crippen molar-refractivity contribution < 1.29 is 9.47 Å². The molecular weight excluding hydrogens is 324 g/mol. The minimum absolute atomic E-state index is 0.322. The second kappa shape index (κ2) is 8.73. The fraction of sp³-hybridized carbons (Fsp3) is 0.409. The molecule has 26 heavy (non-hydrogen) atoms. The summed E-state index contributed by atoms with van der Waals surface area (Å²) in [5.74, 6) is 1.71. The third kappa shape index (κ3) is 4.36. The highest BCUT2D eigenvalue weighted by Gasteiger charge is 2.36. The van der Waals surface area contributed by atoms with Crippen molar-refractivity contribution in [2.45, 2.75) is 24.7 Å². The highest BCUT2D eigenvalue weighted by Crippen LogP contribution is 2.34. The predicted molar refractivity (Wildman–Crippen MR) is 103 cm³/mol. The van der Waals surface area contributed by atoms with Gasteiger partial charge in [-0.3, -0.25) is 0 Å². The van der Waals surface area contributed by atoms with Crippen LogP contribution in [0.4, 0.5) is 0 Å². The summed E-state index contributed by atoms with van der Waals surface area (Å²) in [7, 11) is 1.66. The second-order valence-electron chi connectivity index (χ2n) is 6.78. The van der Waals surface area contributed by atoms with Crippen LogP contribution in [0.5, 0.6) is 11.5 Å². The zero-order valence-corrected chi connectivity index (χ0v) is 15.4. The van der Waals surface area contributed by atoms with E-state index in [9.17, 15) is 5.26 Å². The van der Waals surface area contributed by atoms with Gasteiger partial charge in [-0.25, -0.2) is 0 Å². The molecule has 0 radical (unpaired) electrons. The largest absolute Gasteiger partial charge is 0.497 e. The average molecular weight is 350 g/mol. The van der Waals surface area contributed by atoms with Crippen molar-refractivity contribution in [1.29, 1.82) is 5.26 Å². The lowest BCUT2D eigenvalue weighted by Gasteiger charge is -2.37. The Morgan fingerprint density at radius 3 is 2.27 bits per heavy atom. The number of benzene rings is 2. The molecule has 0 aromatic heterocycles. The van der Waals surface area contributed by atoms with E-state index < -0.39 is 0 Å². The minimum Gasteiger partial charge on any atom is -0.497 e. The van der Waals surface area contributed by atoms with E-state index in [1.54, 1.807) is 7.11 Å². The Kier molecular flexibility index (Phi) is 6.14. The zero-order chi connectivity index (χ0) is 18.2. The molecule has 0 aliphatic carbocycles. The summed E-state index contributed by atoms with van der Waals surface area (Å²) in [4.78, 5) is 2.44. The summed E-state index contributed by atoms with van der Waals surface area (Å²) in [5, 5.41) is 9.76. The maximum atomic E-state index is 9.76. The van der Waals surface area contributed by atoms with Gasteiger partial charge in [0.1, 0.15) is 11.5 Å². The molecule has 2 aromatic rings. The molecule has 0 N–H and O–H groups in total. The van der Waals surface area contributed by atoms with Gasteiger partial charge in [0.05, 0.1) is 25.2 Å². The van der Waals surface area contributed by atoms with E-state index >= 15 is 0 Å². The topological polar surface area (TPSA) is 45.5 Å². The van der Waals surface area contributed by atoms with Gasteiger partial charge in [0.15, 0.2) is 0 Å². The number of rotatable bonds is 7. The van der Waals surface area contributed by atoms with Crippen LogP contribution in [0.15, 0.2) is 54.6 Å². The molecule has 0 bridgehead atoms. The van der Waals surface area contributed by atoms with Crippen molar-refractivity contribution in [2.75, 3.05) is 33.4 Å². The fourth-order valence-corrected chi connectivity index (χ4v) is 3.53. The number of methoxy groups -OCH3 is 1. The van der Waals surface area contributed by atoms with E-state index in [0.717, 1.165) is 56.0 Å². The Labute approximate surface area is 156 Å². The van der Waals surface area contributed by atoms with Gasteiger partial charge in [0.2, 0.25) is 0 Å². The van der Waals surface area contributed by atoms with E-state index in [2.05, 4.69) is 23.1 Å². The number of hydrogen-bond donors (Lipinski definition) is 0. The number of hydrogen-bond acceptors (Lipinski definition) is 4. The highest BCUT2D eigenvalue weighted by molar-refractivity contribution is 5.33. The average Bonchev–Trinajstić information content (AvgIpc) is 2.73. The highest BCUT2D eigenvalue weighted by atomic mass is 16.5. The van der Waals surface area contributed by atoms with Gasteiger partial charge in [0.25, 0.3) is 0 Å². The summed E-state index contributed by atoms with van der Waals surface area (Å²) < 4.78 is 10.9. The van der Waals surface area contributed by atoms with Crippen LogP contribution in [0.3, 0.4) is 0 Å². The smallest absolute Gasteiger partial charge is 0.119 e. The van der Waals surface area contributed by atoms with Crippen LogP contribution in [-0.2, 0) is 5.41 Å². The van der Waals surface area contributed by atoms with Gasteiger partial charge >= 0.3 is 0 Å². The van der Waals surface area contributed by atoms with Crippen molar-refractivity contribution in [2.24, 2.45) is 0 Å². The summed E-state index contributed by atoms with van der Waals surface area (Å²) in [6.07, 6.45) is 2.77. The molecule has 0 saturated carbocycles. The molecule has 3 rings (SSSR count). The maximum Gasteiger partial charge on any atom is 0.119 e. The Hall–Kier alpha value is -2.51. The lowest BCUT2D eigenvalue weighted by molar-refractivity contribution is 0.172. The third-order valence-electron chi connectivity index (χ3n) is 5.20. The lowest BCUT2D eigenvalue weighted by atomic mass is 9.74. The van der Waals surface area contributed by atoms with Gasteiger partial charge < -0.3 is 14.4 Å². The molecule has 2 aromatic carbocycles. The Bertz CT molecular complexity index is 714. The van der Waals surface area contributed by atoms with Gasteiger partial charge in [-0.05, 0) is 62.2 Å². The first-order chi connectivity index (χ1) is 12.8. The minimum atomic E-state index is -0.322. The normalized spacial score (nSPS) is 16.6. The van der Waals surface area contributed by atoms with Crippen molar-refractivity contribution in [1.82, 2.24) is 4.90 Å². The third-order valence-corrected chi connectivity index (χ3v) is 5.20. The summed E-state index contributed by atoms with van der Waals surface area (Å²) in [5.41, 5.74) is 0.835. The number of ether oxygens (including phenoxy) is 2. The van der Waals surface area contributed by atoms with Gasteiger partial charge in [-0.1, -0.05) is 30.3 Å². The van der Waals surface area contributed by atoms with Crippen LogP contribution in [-0.4, -0.2) is 38.3 Å². The van der Waals surface area contributed by atoms with Gasteiger partial charge in [0, 0.05) is 6.54 Å². The van der Waals surface area contributed by atoms with Crippen LogP contribution in [0.2, 0.25) is 0 Å². The van der Waals surface area contributed by atoms with Crippen LogP contribution in [0, 0.1) is 11.3 Å². The molecule has 1 saturated heterocycles. The van der Waals surface area contributed by atoms with Crippen LogP contribution in [0.1, 0.15) is 24.8 Å². The van der Waals surface area contributed by atoms with Gasteiger partial charge in [-0.2, -0.15) is 5.26 Å². The van der Waals surface area contributed by atoms with Crippen molar-refractivity contribution >= 4 is 0 Å². The molecule has 1 aliphatic heterocycles. The lowest BCUT2D eigenvalue weighted by Crippen LogP contribution is -2.42. The van der Waals surface area contributed by atoms with Crippen molar-refractivity contribution in [3.8, 4) is 17.6 Å². The zero-order valence-electron chi connectivity index (χ0n) is 15.4. The summed E-state index contributed by atoms with van der Waals surface area (Å²) >= 11 is 0. The Balaban J connectivity index is 1.42. The Morgan fingerprint density at radius 1 is 1.00 bits per heavy atom. The van der Waals surface area contributed by atoms with Crippen LogP contribution in [0.25, 0.3) is 0 Å². The number of nitriles is 1. The van der Waals surface area contributed by atoms with E-state index in [0.29, 0.717) is 6.61 Å². The SMILES string of the molecule is COc1ccc(OCCCN2CCC(C#N)(c3ccccc3)CC2)cc1. The number of likely N-dealkylation sites (tertiary alicyclic amines) is 1. The van der Waals surface area contributed by atoms with E-state index in [4.69, 9.17) is 9.47 Å². The fourth-order valence-electron chi connectivity index (χ4n) is 3.53. The number of nitrogens with zero attached hydrogens (tertiary/aromatic N) is 2. The molecule has 4 nitrogen and oxygen atoms in total. The molecule has 0 atom stereocenters. The standard InChI is InChI=1S/C22H26N2O2/c1-25-20-8-10-21(11-9-20)26-17-5-14-24-15-12-22(18-23,13-16-24)19-6-3-2-4-7-19/h2-4,6-11H,5,12-17H2,1H3. The van der Waals surface area contributed by atoms with Gasteiger partial charge in [-0.15, -0.1) is 0 Å². The van der Waals surface area contributed by atoms with Crippen LogP contribution < -0.4 is 9.47 Å². The molecule has 4 heteroatoms. The Morgan fingerprint density at radius 2 is 1.65 bits per heavy atom. The molecule has 136 valence electrons. The molecule has 1 fully saturated rings. The molecule has 0 unspecified atom stereocenters. The quantitative estimate of drug-likeness (QED) is 0.708. The van der Waals surface area contributed by atoms with E-state index in [-0.39, 0.29) is 5.41 Å². The molecule has 0 spiro atoms. The first kappa shape index (κ1) is 18.3.